The van der Waals surface area contributed by atoms with Gasteiger partial charge in [0.2, 0.25) is 0 Å². The fraction of sp³-hybridized carbons (Fsp3) is 0.235. The summed E-state index contributed by atoms with van der Waals surface area (Å²) in [7, 11) is 0. The summed E-state index contributed by atoms with van der Waals surface area (Å²) >= 11 is 0. The molecule has 0 fully saturated rings. The summed E-state index contributed by atoms with van der Waals surface area (Å²) in [5, 5.41) is 8.17. The number of aliphatic imine (C=N–C) groups is 1. The Labute approximate surface area is 238 Å². The van der Waals surface area contributed by atoms with Crippen LogP contribution in [0.3, 0.4) is 0 Å². The van der Waals surface area contributed by atoms with Crippen molar-refractivity contribution < 1.29 is 4.79 Å². The molecular weight excluding hydrogens is 496 g/mol. The van der Waals surface area contributed by atoms with Crippen LogP contribution in [-0.4, -0.2) is 28.5 Å². The van der Waals surface area contributed by atoms with Gasteiger partial charge in [-0.25, -0.2) is 5.10 Å². The molecule has 0 saturated heterocycles. The Hall–Kier alpha value is -4.58. The van der Waals surface area contributed by atoms with E-state index in [-0.39, 0.29) is 18.0 Å². The molecule has 1 aliphatic rings. The Balaban J connectivity index is 0.000000638. The molecule has 0 bridgehead atoms. The number of rotatable bonds is 4. The van der Waals surface area contributed by atoms with Crippen LogP contribution in [0.4, 0.5) is 5.69 Å². The van der Waals surface area contributed by atoms with Crippen LogP contribution in [0.2, 0.25) is 0 Å². The number of fused-ring (bicyclic) bond motifs is 1. The summed E-state index contributed by atoms with van der Waals surface area (Å²) in [5.41, 5.74) is 2.97. The highest BCUT2D eigenvalue weighted by Gasteiger charge is 2.28. The van der Waals surface area contributed by atoms with E-state index in [1.807, 2.05) is 113 Å². The van der Waals surface area contributed by atoms with E-state index < -0.39 is 0 Å². The minimum Gasteiger partial charge on any atom is -0.272 e. The summed E-state index contributed by atoms with van der Waals surface area (Å²) in [4.78, 5) is 30.6. The average Bonchev–Trinajstić information content (AvgIpc) is 3.42. The highest BCUT2D eigenvalue weighted by Crippen LogP contribution is 2.28. The lowest BCUT2D eigenvalue weighted by molar-refractivity contribution is -0.115. The average molecular weight is 539 g/mol. The number of anilines is 1. The number of benzene rings is 3. The van der Waals surface area contributed by atoms with Crippen molar-refractivity contribution in [3.8, 4) is 11.3 Å². The molecular formula is C34H42N4O2. The predicted octanol–water partition coefficient (Wildman–Crippen LogP) is 8.21. The monoisotopic (exact) mass is 538 g/mol. The fourth-order valence-electron chi connectivity index (χ4n) is 3.58. The lowest BCUT2D eigenvalue weighted by Gasteiger charge is -2.19. The normalized spacial score (nSPS) is 11.2. The molecule has 40 heavy (non-hydrogen) atoms. The molecule has 6 nitrogen and oxygen atoms in total. The number of aromatic amines is 1. The fourth-order valence-corrected chi connectivity index (χ4v) is 3.58. The quantitative estimate of drug-likeness (QED) is 0.266. The largest absolute Gasteiger partial charge is 0.272 e. The van der Waals surface area contributed by atoms with Crippen molar-refractivity contribution in [3.63, 3.8) is 0 Å². The van der Waals surface area contributed by atoms with Crippen molar-refractivity contribution in [2.75, 3.05) is 11.4 Å². The van der Waals surface area contributed by atoms with Gasteiger partial charge in [-0.3, -0.25) is 19.5 Å². The van der Waals surface area contributed by atoms with Crippen molar-refractivity contribution in [1.29, 1.82) is 0 Å². The number of H-pyrrole nitrogens is 1. The first kappa shape index (κ1) is 33.4. The number of nitrogens with zero attached hydrogens (tertiary/aromatic N) is 3. The van der Waals surface area contributed by atoms with Gasteiger partial charge in [0, 0.05) is 16.5 Å². The van der Waals surface area contributed by atoms with Crippen LogP contribution in [-0.2, 0) is 4.79 Å². The number of amides is 1. The molecule has 0 unspecified atom stereocenters. The Morgan fingerprint density at radius 2 is 1.35 bits per heavy atom. The highest BCUT2D eigenvalue weighted by molar-refractivity contribution is 6.27. The van der Waals surface area contributed by atoms with E-state index in [9.17, 15) is 9.59 Å². The number of nitrogens with one attached hydrogen (secondary N) is 1. The summed E-state index contributed by atoms with van der Waals surface area (Å²) in [6, 6.07) is 24.6. The molecule has 0 radical (unpaired) electrons. The lowest BCUT2D eigenvalue weighted by atomic mass is 10.0. The number of aromatic nitrogens is 2. The second-order valence-corrected chi connectivity index (χ2v) is 7.83. The van der Waals surface area contributed by atoms with Crippen LogP contribution in [0, 0.1) is 0 Å². The molecule has 0 atom stereocenters. The van der Waals surface area contributed by atoms with Crippen molar-refractivity contribution in [2.24, 2.45) is 4.99 Å². The van der Waals surface area contributed by atoms with Crippen molar-refractivity contribution in [3.05, 3.63) is 120 Å². The van der Waals surface area contributed by atoms with Crippen LogP contribution in [0.1, 0.15) is 53.5 Å². The number of hydrogen-bond donors (Lipinski definition) is 1. The first-order chi connectivity index (χ1) is 19.5. The van der Waals surface area contributed by atoms with Crippen molar-refractivity contribution >= 4 is 28.2 Å². The molecule has 0 saturated carbocycles. The van der Waals surface area contributed by atoms with Gasteiger partial charge in [-0.15, -0.1) is 13.2 Å². The van der Waals surface area contributed by atoms with Crippen LogP contribution in [0.25, 0.3) is 22.0 Å². The molecule has 210 valence electrons. The van der Waals surface area contributed by atoms with Gasteiger partial charge < -0.3 is 0 Å². The first-order valence-electron chi connectivity index (χ1n) is 13.7. The zero-order valence-corrected chi connectivity index (χ0v) is 24.6. The smallest absolute Gasteiger partial charge is 0.272 e. The Kier molecular flexibility index (Phi) is 15.6. The van der Waals surface area contributed by atoms with E-state index in [4.69, 9.17) is 0 Å². The molecule has 3 aromatic carbocycles. The minimum atomic E-state index is -0.215. The Morgan fingerprint density at radius 3 is 1.90 bits per heavy atom. The molecule has 0 spiro atoms. The van der Waals surface area contributed by atoms with E-state index in [0.29, 0.717) is 16.9 Å². The summed E-state index contributed by atoms with van der Waals surface area (Å²) in [6.45, 7) is 18.9. The van der Waals surface area contributed by atoms with Gasteiger partial charge >= 0.3 is 0 Å². The number of hydrogen-bond acceptors (Lipinski definition) is 4. The van der Waals surface area contributed by atoms with Gasteiger partial charge in [-0.05, 0) is 31.5 Å². The number of amidine groups is 1. The maximum Gasteiger partial charge on any atom is 0.272 e. The van der Waals surface area contributed by atoms with Gasteiger partial charge in [-0.2, -0.15) is 5.10 Å². The second kappa shape index (κ2) is 18.6. The number of carbonyl (C=O) groups is 1. The van der Waals surface area contributed by atoms with Crippen molar-refractivity contribution in [1.82, 2.24) is 10.2 Å². The molecule has 1 N–H and O–H groups in total. The molecule has 1 aliphatic heterocycles. The summed E-state index contributed by atoms with van der Waals surface area (Å²) in [5.74, 6) is 0.584. The number of allylic oxidation sites excluding steroid dienone is 2. The molecule has 0 aliphatic carbocycles. The zero-order chi connectivity index (χ0) is 29.9. The van der Waals surface area contributed by atoms with Gasteiger partial charge in [0.15, 0.2) is 0 Å². The van der Waals surface area contributed by atoms with E-state index >= 15 is 0 Å². The molecule has 1 amide bonds. The Morgan fingerprint density at radius 1 is 0.825 bits per heavy atom. The molecule has 2 heterocycles. The lowest BCUT2D eigenvalue weighted by Crippen LogP contribution is -2.32. The van der Waals surface area contributed by atoms with E-state index in [1.54, 1.807) is 17.0 Å². The Bertz CT molecular complexity index is 1420. The maximum atomic E-state index is 12.5. The summed E-state index contributed by atoms with van der Waals surface area (Å²) in [6.07, 6.45) is 4.71. The van der Waals surface area contributed by atoms with E-state index in [2.05, 4.69) is 35.3 Å². The number of carbonyl (C=O) groups excluding carboxylic acids is 1. The minimum absolute atomic E-state index is 0.0655. The van der Waals surface area contributed by atoms with E-state index in [1.165, 1.54) is 0 Å². The first-order valence-corrected chi connectivity index (χ1v) is 13.7. The van der Waals surface area contributed by atoms with Gasteiger partial charge in [0.1, 0.15) is 12.4 Å². The van der Waals surface area contributed by atoms with Crippen molar-refractivity contribution in [2.45, 2.75) is 48.0 Å². The third-order valence-corrected chi connectivity index (χ3v) is 5.24. The van der Waals surface area contributed by atoms with Crippen LogP contribution >= 0.6 is 0 Å². The van der Waals surface area contributed by atoms with E-state index in [0.717, 1.165) is 28.6 Å². The third kappa shape index (κ3) is 8.73. The predicted molar refractivity (Wildman–Crippen MR) is 172 cm³/mol. The standard InChI is InChI=1S/C23H16N4O2.C4H8.C3H6.2C2H6/c28-20-14-24-22(16-6-2-1-3-7-16)27(20)17-12-10-15(11-13-17)21-18-8-4-5-9-19(18)23(29)26-25-21;1-3-4-2;1-3-2;2*1-2/h1-13H,14H2,(H,26,29);3H,1,4H2,2H3;3H,1H2,2H3;2*1-2H3. The maximum absolute atomic E-state index is 12.5. The van der Waals surface area contributed by atoms with Gasteiger partial charge in [0.05, 0.1) is 16.8 Å². The topological polar surface area (TPSA) is 78.4 Å². The third-order valence-electron chi connectivity index (χ3n) is 5.24. The van der Waals surface area contributed by atoms with Crippen LogP contribution < -0.4 is 10.5 Å². The van der Waals surface area contributed by atoms with Crippen LogP contribution in [0.15, 0.2) is 114 Å². The van der Waals surface area contributed by atoms with Crippen LogP contribution in [0.5, 0.6) is 0 Å². The second-order valence-electron chi connectivity index (χ2n) is 7.83. The highest BCUT2D eigenvalue weighted by atomic mass is 16.2. The van der Waals surface area contributed by atoms with Gasteiger partial charge in [-0.1, -0.05) is 107 Å². The molecule has 1 aromatic heterocycles. The molecule has 5 rings (SSSR count). The van der Waals surface area contributed by atoms with Gasteiger partial charge in [0.25, 0.3) is 11.5 Å². The molecule has 4 aromatic rings. The molecule has 6 heteroatoms. The zero-order valence-electron chi connectivity index (χ0n) is 24.6. The SMILES string of the molecule is C=CC.C=CCC.CC.CC.O=C1CN=C(c2ccccc2)N1c1ccc(-c2n[nH]c(=O)c3ccccc23)cc1. The summed E-state index contributed by atoms with van der Waals surface area (Å²) < 4.78 is 0.